The van der Waals surface area contributed by atoms with Gasteiger partial charge in [0.15, 0.2) is 12.6 Å². The molecule has 2 aliphatic rings. The lowest BCUT2D eigenvalue weighted by molar-refractivity contribution is -0.355. The van der Waals surface area contributed by atoms with Crippen LogP contribution in [-0.4, -0.2) is 122 Å². The number of carbonyl (C=O) groups is 1. The maximum Gasteiger partial charge on any atom is 0.323 e. The number of nitrogens with two attached hydrogens (primary N) is 1. The van der Waals surface area contributed by atoms with Gasteiger partial charge < -0.3 is 60.4 Å². The van der Waals surface area contributed by atoms with Crippen LogP contribution in [0.3, 0.4) is 0 Å². The minimum atomic E-state index is -1.81. The molecule has 0 spiro atoms. The van der Waals surface area contributed by atoms with Gasteiger partial charge >= 0.3 is 5.97 Å². The Hall–Kier alpha value is -1.75. The summed E-state index contributed by atoms with van der Waals surface area (Å²) in [6.07, 6.45) is -16.2. The van der Waals surface area contributed by atoms with E-state index in [2.05, 4.69) is 0 Å². The molecular formula is C21H31NO12. The highest BCUT2D eigenvalue weighted by Gasteiger charge is 2.50. The van der Waals surface area contributed by atoms with E-state index in [4.69, 9.17) is 24.7 Å². The lowest BCUT2D eigenvalue weighted by Crippen LogP contribution is -2.64. The SMILES string of the molecule is N[C@@H](Cc1ccccc1)C(=O)OC[C@H]1O[C@@H](O[C@H]2[C@H](O)[C@@H](O)C(O)O[C@@H]2CO)[C@H](O)[C@@H](O)[C@H]1O. The molecule has 0 aliphatic carbocycles. The molecule has 1 unspecified atom stereocenters. The number of esters is 1. The molecule has 2 aliphatic heterocycles. The number of hydrogen-bond acceptors (Lipinski definition) is 13. The Kier molecular flexibility index (Phi) is 9.31. The molecule has 13 heteroatoms. The van der Waals surface area contributed by atoms with E-state index in [0.717, 1.165) is 5.56 Å². The van der Waals surface area contributed by atoms with Crippen LogP contribution in [0, 0.1) is 0 Å². The van der Waals surface area contributed by atoms with E-state index in [1.807, 2.05) is 6.07 Å². The third kappa shape index (κ3) is 6.08. The molecule has 2 heterocycles. The van der Waals surface area contributed by atoms with Gasteiger partial charge in [-0.05, 0) is 12.0 Å². The summed E-state index contributed by atoms with van der Waals surface area (Å²) in [5.41, 5.74) is 6.68. The van der Waals surface area contributed by atoms with Crippen molar-refractivity contribution in [1.29, 1.82) is 0 Å². The number of carbonyl (C=O) groups excluding carboxylic acids is 1. The lowest BCUT2D eigenvalue weighted by atomic mass is 9.97. The van der Waals surface area contributed by atoms with Gasteiger partial charge in [0.05, 0.1) is 6.61 Å². The molecule has 0 saturated carbocycles. The number of aliphatic hydroxyl groups is 7. The van der Waals surface area contributed by atoms with Crippen molar-refractivity contribution in [2.24, 2.45) is 5.73 Å². The molecule has 2 saturated heterocycles. The first-order valence-electron chi connectivity index (χ1n) is 10.8. The van der Waals surface area contributed by atoms with Crippen LogP contribution in [0.15, 0.2) is 30.3 Å². The van der Waals surface area contributed by atoms with Crippen molar-refractivity contribution in [3.63, 3.8) is 0 Å². The standard InChI is InChI=1S/C21H31NO12/c22-10(6-9-4-2-1-3-5-9)19(29)31-8-12-13(24)14(25)17(28)21(33-12)34-18-11(7-23)32-20(30)16(27)15(18)26/h1-5,10-18,20-21,23-28,30H,6-8,22H2/t10-,11+,12+,13-,14-,15+,16+,17+,18+,20?,21-/m0/s1. The highest BCUT2D eigenvalue weighted by Crippen LogP contribution is 2.28. The average molecular weight is 489 g/mol. The van der Waals surface area contributed by atoms with Crippen LogP contribution < -0.4 is 5.73 Å². The van der Waals surface area contributed by atoms with Gasteiger partial charge in [0, 0.05) is 0 Å². The third-order valence-corrected chi connectivity index (χ3v) is 5.79. The molecule has 3 rings (SSSR count). The van der Waals surface area contributed by atoms with E-state index < -0.39 is 86.6 Å². The molecule has 0 aromatic heterocycles. The predicted octanol–water partition coefficient (Wildman–Crippen LogP) is -4.28. The summed E-state index contributed by atoms with van der Waals surface area (Å²) in [6, 6.07) is 7.99. The quantitative estimate of drug-likeness (QED) is 0.162. The third-order valence-electron chi connectivity index (χ3n) is 5.79. The zero-order chi connectivity index (χ0) is 25.0. The molecule has 192 valence electrons. The monoisotopic (exact) mass is 489 g/mol. The lowest BCUT2D eigenvalue weighted by Gasteiger charge is -2.45. The summed E-state index contributed by atoms with van der Waals surface area (Å²) >= 11 is 0. The Bertz CT molecular complexity index is 782. The zero-order valence-corrected chi connectivity index (χ0v) is 18.1. The second-order valence-electron chi connectivity index (χ2n) is 8.27. The maximum absolute atomic E-state index is 12.3. The van der Waals surface area contributed by atoms with Gasteiger partial charge in [-0.25, -0.2) is 0 Å². The number of rotatable bonds is 8. The molecular weight excluding hydrogens is 458 g/mol. The first-order chi connectivity index (χ1) is 16.1. The summed E-state index contributed by atoms with van der Waals surface area (Å²) < 4.78 is 21.0. The molecule has 2 fully saturated rings. The number of benzene rings is 1. The van der Waals surface area contributed by atoms with Gasteiger partial charge in [-0.2, -0.15) is 0 Å². The number of ether oxygens (including phenoxy) is 4. The Morgan fingerprint density at radius 2 is 1.59 bits per heavy atom. The van der Waals surface area contributed by atoms with Crippen molar-refractivity contribution in [3.8, 4) is 0 Å². The topological polar surface area (TPSA) is 222 Å². The van der Waals surface area contributed by atoms with Crippen molar-refractivity contribution >= 4 is 5.97 Å². The van der Waals surface area contributed by atoms with Gasteiger partial charge in [0.1, 0.15) is 61.5 Å². The van der Waals surface area contributed by atoms with Crippen LogP contribution >= 0.6 is 0 Å². The van der Waals surface area contributed by atoms with Crippen molar-refractivity contribution in [2.75, 3.05) is 13.2 Å². The molecule has 34 heavy (non-hydrogen) atoms. The zero-order valence-electron chi connectivity index (χ0n) is 18.1. The Morgan fingerprint density at radius 3 is 2.24 bits per heavy atom. The van der Waals surface area contributed by atoms with Crippen molar-refractivity contribution < 1.29 is 59.5 Å². The second kappa shape index (κ2) is 11.8. The largest absolute Gasteiger partial charge is 0.462 e. The fourth-order valence-electron chi connectivity index (χ4n) is 3.78. The van der Waals surface area contributed by atoms with E-state index >= 15 is 0 Å². The van der Waals surface area contributed by atoms with Crippen LogP contribution in [0.1, 0.15) is 5.56 Å². The molecule has 0 amide bonds. The molecule has 11 atom stereocenters. The summed E-state index contributed by atoms with van der Waals surface area (Å²) in [4.78, 5) is 12.3. The van der Waals surface area contributed by atoms with Gasteiger partial charge in [-0.15, -0.1) is 0 Å². The van der Waals surface area contributed by atoms with Crippen LogP contribution in [0.25, 0.3) is 0 Å². The van der Waals surface area contributed by atoms with Crippen LogP contribution in [-0.2, 0) is 30.2 Å². The Balaban J connectivity index is 1.61. The number of hydrogen-bond donors (Lipinski definition) is 8. The summed E-state index contributed by atoms with van der Waals surface area (Å²) in [5, 5.41) is 69.8. The van der Waals surface area contributed by atoms with Crippen LogP contribution in [0.5, 0.6) is 0 Å². The van der Waals surface area contributed by atoms with Gasteiger partial charge in [-0.3, -0.25) is 4.79 Å². The minimum Gasteiger partial charge on any atom is -0.462 e. The van der Waals surface area contributed by atoms with Gasteiger partial charge in [0.25, 0.3) is 0 Å². The first-order valence-corrected chi connectivity index (χ1v) is 10.8. The van der Waals surface area contributed by atoms with Crippen LogP contribution in [0.2, 0.25) is 0 Å². The Labute approximate surface area is 194 Å². The second-order valence-corrected chi connectivity index (χ2v) is 8.27. The van der Waals surface area contributed by atoms with E-state index in [9.17, 15) is 40.5 Å². The maximum atomic E-state index is 12.3. The summed E-state index contributed by atoms with van der Waals surface area (Å²) in [6.45, 7) is -1.26. The summed E-state index contributed by atoms with van der Waals surface area (Å²) in [7, 11) is 0. The van der Waals surface area contributed by atoms with Crippen molar-refractivity contribution in [3.05, 3.63) is 35.9 Å². The molecule has 0 bridgehead atoms. The first kappa shape index (κ1) is 26.8. The van der Waals surface area contributed by atoms with Gasteiger partial charge in [0.2, 0.25) is 0 Å². The van der Waals surface area contributed by atoms with E-state index in [1.165, 1.54) is 0 Å². The molecule has 13 nitrogen and oxygen atoms in total. The average Bonchev–Trinajstić information content (AvgIpc) is 2.83. The summed E-state index contributed by atoms with van der Waals surface area (Å²) in [5.74, 6) is -0.786. The Morgan fingerprint density at radius 1 is 0.912 bits per heavy atom. The number of aliphatic hydroxyl groups excluding tert-OH is 7. The molecule has 0 radical (unpaired) electrons. The normalized spacial score (nSPS) is 39.4. The van der Waals surface area contributed by atoms with Crippen molar-refractivity contribution in [1.82, 2.24) is 0 Å². The smallest absolute Gasteiger partial charge is 0.323 e. The molecule has 1 aromatic rings. The van der Waals surface area contributed by atoms with Crippen molar-refractivity contribution in [2.45, 2.75) is 73.9 Å². The highest BCUT2D eigenvalue weighted by atomic mass is 16.7. The van der Waals surface area contributed by atoms with E-state index in [0.29, 0.717) is 0 Å². The minimum absolute atomic E-state index is 0.205. The fraction of sp³-hybridized carbons (Fsp3) is 0.667. The molecule has 9 N–H and O–H groups in total. The fourth-order valence-corrected chi connectivity index (χ4v) is 3.78. The highest BCUT2D eigenvalue weighted by molar-refractivity contribution is 5.75. The molecule has 1 aromatic carbocycles. The van der Waals surface area contributed by atoms with Crippen LogP contribution in [0.4, 0.5) is 0 Å². The van der Waals surface area contributed by atoms with E-state index in [1.54, 1.807) is 24.3 Å². The van der Waals surface area contributed by atoms with E-state index in [-0.39, 0.29) is 6.42 Å². The predicted molar refractivity (Wildman–Crippen MR) is 111 cm³/mol. The van der Waals surface area contributed by atoms with Gasteiger partial charge in [-0.1, -0.05) is 30.3 Å².